The Morgan fingerprint density at radius 2 is 1.77 bits per heavy atom. The van der Waals surface area contributed by atoms with Gasteiger partial charge in [0.05, 0.1) is 6.61 Å². The smallest absolute Gasteiger partial charge is 0.191 e. The largest absolute Gasteiger partial charge is 0.493 e. The average Bonchev–Trinajstić information content (AvgIpc) is 3.04. The normalized spacial score (nSPS) is 10.9. The number of aryl methyl sites for hydroxylation is 1. The van der Waals surface area contributed by atoms with E-state index in [1.807, 2.05) is 36.4 Å². The lowest BCUT2D eigenvalue weighted by Crippen LogP contribution is -2.04. The number of halogens is 1. The van der Waals surface area contributed by atoms with Crippen LogP contribution >= 0.6 is 23.4 Å². The van der Waals surface area contributed by atoms with E-state index in [0.717, 1.165) is 46.0 Å². The van der Waals surface area contributed by atoms with Crippen molar-refractivity contribution >= 4 is 23.4 Å². The van der Waals surface area contributed by atoms with Crippen LogP contribution in [0.15, 0.2) is 53.7 Å². The molecule has 0 bridgehead atoms. The zero-order valence-corrected chi connectivity index (χ0v) is 16.6. The van der Waals surface area contributed by atoms with Crippen LogP contribution in [0.3, 0.4) is 0 Å². The van der Waals surface area contributed by atoms with E-state index in [4.69, 9.17) is 16.3 Å². The van der Waals surface area contributed by atoms with Gasteiger partial charge in [0.2, 0.25) is 0 Å². The molecule has 0 aliphatic heterocycles. The number of thioether (sulfide) groups is 1. The maximum Gasteiger partial charge on any atom is 0.191 e. The minimum atomic E-state index is 0.628. The lowest BCUT2D eigenvalue weighted by atomic mass is 10.2. The molecule has 0 saturated carbocycles. The predicted octanol–water partition coefficient (Wildman–Crippen LogP) is 5.49. The Balaban J connectivity index is 1.64. The Bertz CT molecular complexity index is 831. The molecule has 0 unspecified atom stereocenters. The van der Waals surface area contributed by atoms with E-state index in [0.29, 0.717) is 6.61 Å². The minimum absolute atomic E-state index is 0.628. The second kappa shape index (κ2) is 9.10. The van der Waals surface area contributed by atoms with Gasteiger partial charge in [0.15, 0.2) is 11.0 Å². The topological polar surface area (TPSA) is 39.9 Å². The highest BCUT2D eigenvalue weighted by Crippen LogP contribution is 2.25. The maximum atomic E-state index is 5.99. The van der Waals surface area contributed by atoms with Crippen molar-refractivity contribution in [1.82, 2.24) is 14.8 Å². The van der Waals surface area contributed by atoms with Crippen molar-refractivity contribution in [3.63, 3.8) is 0 Å². The second-order valence-corrected chi connectivity index (χ2v) is 7.47. The molecular formula is C20H22ClN3OS. The van der Waals surface area contributed by atoms with Crippen molar-refractivity contribution in [2.24, 2.45) is 0 Å². The third-order valence-electron chi connectivity index (χ3n) is 3.87. The van der Waals surface area contributed by atoms with Crippen LogP contribution in [0.5, 0.6) is 5.75 Å². The third-order valence-corrected chi connectivity index (χ3v) is 5.05. The first-order valence-corrected chi connectivity index (χ1v) is 10.0. The summed E-state index contributed by atoms with van der Waals surface area (Å²) in [6.07, 6.45) is 1.02. The van der Waals surface area contributed by atoms with Gasteiger partial charge >= 0.3 is 0 Å². The fourth-order valence-corrected chi connectivity index (χ4v) is 3.47. The number of aromatic nitrogens is 3. The van der Waals surface area contributed by atoms with Crippen molar-refractivity contribution < 1.29 is 4.74 Å². The quantitative estimate of drug-likeness (QED) is 0.378. The Labute approximate surface area is 163 Å². The first-order chi connectivity index (χ1) is 12.7. The van der Waals surface area contributed by atoms with Crippen LogP contribution < -0.4 is 4.74 Å². The van der Waals surface area contributed by atoms with Gasteiger partial charge in [-0.2, -0.15) is 0 Å². The van der Waals surface area contributed by atoms with Gasteiger partial charge in [0, 0.05) is 22.9 Å². The highest BCUT2D eigenvalue weighted by atomic mass is 35.5. The van der Waals surface area contributed by atoms with Gasteiger partial charge in [0.1, 0.15) is 5.75 Å². The Morgan fingerprint density at radius 3 is 2.46 bits per heavy atom. The van der Waals surface area contributed by atoms with Crippen LogP contribution in [0, 0.1) is 6.92 Å². The summed E-state index contributed by atoms with van der Waals surface area (Å²) >= 11 is 7.65. The molecule has 136 valence electrons. The third kappa shape index (κ3) is 4.80. The van der Waals surface area contributed by atoms with Crippen molar-refractivity contribution in [2.75, 3.05) is 12.4 Å². The van der Waals surface area contributed by atoms with Crippen LogP contribution in [0.4, 0.5) is 0 Å². The molecule has 0 radical (unpaired) electrons. The predicted molar refractivity (Wildman–Crippen MR) is 108 cm³/mol. The van der Waals surface area contributed by atoms with E-state index in [-0.39, 0.29) is 0 Å². The summed E-state index contributed by atoms with van der Waals surface area (Å²) in [5.41, 5.74) is 2.26. The van der Waals surface area contributed by atoms with Crippen LogP contribution in [0.2, 0.25) is 5.02 Å². The van der Waals surface area contributed by atoms with Crippen LogP contribution in [0.25, 0.3) is 11.4 Å². The molecule has 1 aromatic heterocycles. The molecule has 0 aliphatic carbocycles. The van der Waals surface area contributed by atoms with Crippen LogP contribution in [0.1, 0.15) is 18.9 Å². The van der Waals surface area contributed by atoms with E-state index < -0.39 is 0 Å². The van der Waals surface area contributed by atoms with Crippen molar-refractivity contribution in [2.45, 2.75) is 32.0 Å². The second-order valence-electron chi connectivity index (χ2n) is 5.97. The molecule has 0 atom stereocenters. The summed E-state index contributed by atoms with van der Waals surface area (Å²) in [4.78, 5) is 0. The number of hydrogen-bond donors (Lipinski definition) is 0. The molecule has 0 amide bonds. The van der Waals surface area contributed by atoms with Gasteiger partial charge in [-0.25, -0.2) is 0 Å². The lowest BCUT2D eigenvalue weighted by molar-refractivity contribution is 0.343. The van der Waals surface area contributed by atoms with E-state index >= 15 is 0 Å². The molecule has 1 heterocycles. The summed E-state index contributed by atoms with van der Waals surface area (Å²) in [6.45, 7) is 5.73. The number of ether oxygens (including phenoxy) is 1. The van der Waals surface area contributed by atoms with E-state index in [1.165, 1.54) is 5.56 Å². The van der Waals surface area contributed by atoms with Gasteiger partial charge in [-0.05, 0) is 49.7 Å². The Hall–Kier alpha value is -1.98. The van der Waals surface area contributed by atoms with Gasteiger partial charge in [-0.1, -0.05) is 48.0 Å². The van der Waals surface area contributed by atoms with Crippen LogP contribution in [-0.2, 0) is 6.54 Å². The molecule has 4 nitrogen and oxygen atoms in total. The monoisotopic (exact) mass is 387 g/mol. The fourth-order valence-electron chi connectivity index (χ4n) is 2.56. The Kier molecular flexibility index (Phi) is 6.58. The van der Waals surface area contributed by atoms with Crippen molar-refractivity contribution in [3.8, 4) is 17.1 Å². The molecule has 0 saturated heterocycles. The zero-order chi connectivity index (χ0) is 18.4. The highest BCUT2D eigenvalue weighted by molar-refractivity contribution is 7.99. The molecule has 0 aliphatic rings. The van der Waals surface area contributed by atoms with Gasteiger partial charge in [-0.15, -0.1) is 10.2 Å². The molecule has 6 heteroatoms. The standard InChI is InChI=1S/C20H22ClN3OS/c1-3-12-24-19(16-6-8-17(21)9-7-16)22-23-20(24)26-14-13-25-18-10-4-15(2)5-11-18/h4-11H,3,12-14H2,1-2H3. The summed E-state index contributed by atoms with van der Waals surface area (Å²) in [5, 5.41) is 10.4. The molecule has 0 N–H and O–H groups in total. The van der Waals surface area contributed by atoms with Crippen LogP contribution in [-0.4, -0.2) is 27.1 Å². The van der Waals surface area contributed by atoms with Crippen molar-refractivity contribution in [1.29, 1.82) is 0 Å². The van der Waals surface area contributed by atoms with Gasteiger partial charge in [-0.3, -0.25) is 0 Å². The maximum absolute atomic E-state index is 5.99. The number of rotatable bonds is 8. The van der Waals surface area contributed by atoms with E-state index in [1.54, 1.807) is 11.8 Å². The minimum Gasteiger partial charge on any atom is -0.493 e. The highest BCUT2D eigenvalue weighted by Gasteiger charge is 2.13. The molecule has 26 heavy (non-hydrogen) atoms. The van der Waals surface area contributed by atoms with Gasteiger partial charge in [0.25, 0.3) is 0 Å². The number of nitrogens with zero attached hydrogens (tertiary/aromatic N) is 3. The van der Waals surface area contributed by atoms with E-state index in [9.17, 15) is 0 Å². The number of benzene rings is 2. The average molecular weight is 388 g/mol. The lowest BCUT2D eigenvalue weighted by Gasteiger charge is -2.09. The number of hydrogen-bond acceptors (Lipinski definition) is 4. The summed E-state index contributed by atoms with van der Waals surface area (Å²) in [6, 6.07) is 15.8. The molecule has 3 aromatic rings. The molecule has 0 spiro atoms. The summed E-state index contributed by atoms with van der Waals surface area (Å²) in [5.74, 6) is 2.59. The Morgan fingerprint density at radius 1 is 1.04 bits per heavy atom. The summed E-state index contributed by atoms with van der Waals surface area (Å²) in [7, 11) is 0. The first-order valence-electron chi connectivity index (χ1n) is 8.69. The molecular weight excluding hydrogens is 366 g/mol. The first kappa shape index (κ1) is 18.8. The SMILES string of the molecule is CCCn1c(SCCOc2ccc(C)cc2)nnc1-c1ccc(Cl)cc1. The molecule has 2 aromatic carbocycles. The van der Waals surface area contributed by atoms with E-state index in [2.05, 4.69) is 40.7 Å². The molecule has 0 fully saturated rings. The van der Waals surface area contributed by atoms with Crippen molar-refractivity contribution in [3.05, 3.63) is 59.1 Å². The molecule has 3 rings (SSSR count). The zero-order valence-electron chi connectivity index (χ0n) is 15.0. The fraction of sp³-hybridized carbons (Fsp3) is 0.300. The summed E-state index contributed by atoms with van der Waals surface area (Å²) < 4.78 is 7.96. The van der Waals surface area contributed by atoms with Gasteiger partial charge < -0.3 is 9.30 Å².